The molecule has 1 atom stereocenters. The molecule has 0 saturated heterocycles. The Labute approximate surface area is 164 Å². The summed E-state index contributed by atoms with van der Waals surface area (Å²) in [6, 6.07) is 8.01. The normalized spacial score (nSPS) is 25.1. The van der Waals surface area contributed by atoms with E-state index in [0.29, 0.717) is 31.6 Å². The van der Waals surface area contributed by atoms with Gasteiger partial charge in [-0.15, -0.1) is 0 Å². The molecule has 1 unspecified atom stereocenters. The third kappa shape index (κ3) is 3.02. The molecule has 1 N–H and O–H groups in total. The smallest absolute Gasteiger partial charge is 0.167 e. The summed E-state index contributed by atoms with van der Waals surface area (Å²) in [5, 5.41) is 9.62. The molecule has 2 aliphatic rings. The fraction of sp³-hybridized carbons (Fsp3) is 0.455. The van der Waals surface area contributed by atoms with E-state index in [0.717, 1.165) is 35.4 Å². The minimum absolute atomic E-state index is 0.0194. The number of Topliss-reactive ketones (excluding diaryl/α,β-unsaturated/α-hetero) is 1. The van der Waals surface area contributed by atoms with Crippen molar-refractivity contribution in [2.45, 2.75) is 45.3 Å². The Hall–Kier alpha value is -2.60. The highest BCUT2D eigenvalue weighted by atomic mass is 16.5. The van der Waals surface area contributed by atoms with E-state index in [1.165, 1.54) is 0 Å². The van der Waals surface area contributed by atoms with Crippen LogP contribution in [-0.2, 0) is 28.1 Å². The van der Waals surface area contributed by atoms with Crippen LogP contribution in [0.1, 0.15) is 43.6 Å². The number of aliphatic hydroxyl groups is 1. The molecular weight excluding hydrogens is 356 g/mol. The summed E-state index contributed by atoms with van der Waals surface area (Å²) < 4.78 is 13.6. The van der Waals surface area contributed by atoms with E-state index in [1.54, 1.807) is 7.11 Å². The highest BCUT2D eigenvalue weighted by Gasteiger charge is 2.52. The van der Waals surface area contributed by atoms with E-state index in [-0.39, 0.29) is 5.78 Å². The molecule has 1 aliphatic heterocycles. The quantitative estimate of drug-likeness (QED) is 0.649. The number of methoxy groups -OCH3 is 1. The Morgan fingerprint density at radius 1 is 1.32 bits per heavy atom. The van der Waals surface area contributed by atoms with Gasteiger partial charge in [-0.1, -0.05) is 26.0 Å². The van der Waals surface area contributed by atoms with Gasteiger partial charge in [0.2, 0.25) is 0 Å². The summed E-state index contributed by atoms with van der Waals surface area (Å²) in [4.78, 5) is 17.3. The molecule has 28 heavy (non-hydrogen) atoms. The van der Waals surface area contributed by atoms with Gasteiger partial charge in [0.1, 0.15) is 11.4 Å². The summed E-state index contributed by atoms with van der Waals surface area (Å²) in [7, 11) is 1.66. The molecular formula is C22H26N2O4. The largest absolute Gasteiger partial charge is 0.515 e. The van der Waals surface area contributed by atoms with Gasteiger partial charge in [0, 0.05) is 36.1 Å². The molecule has 2 heterocycles. The maximum Gasteiger partial charge on any atom is 0.167 e. The van der Waals surface area contributed by atoms with E-state index in [9.17, 15) is 9.90 Å². The van der Waals surface area contributed by atoms with Gasteiger partial charge in [-0.3, -0.25) is 4.79 Å². The SMILES string of the molecule is COc1ccc(Cn2cnc3c2CCOC32CC(=CO)C(=O)C(C)(C)C2)cc1. The van der Waals surface area contributed by atoms with Gasteiger partial charge in [-0.25, -0.2) is 4.98 Å². The number of imidazole rings is 1. The average molecular weight is 382 g/mol. The Balaban J connectivity index is 1.68. The van der Waals surface area contributed by atoms with Crippen molar-refractivity contribution in [3.05, 3.63) is 59.4 Å². The van der Waals surface area contributed by atoms with Crippen LogP contribution < -0.4 is 4.74 Å². The van der Waals surface area contributed by atoms with Gasteiger partial charge in [0.05, 0.1) is 32.0 Å². The van der Waals surface area contributed by atoms with Crippen LogP contribution in [0.2, 0.25) is 0 Å². The number of hydrogen-bond donors (Lipinski definition) is 1. The third-order valence-corrected chi connectivity index (χ3v) is 5.87. The number of nitrogens with zero attached hydrogens (tertiary/aromatic N) is 2. The van der Waals surface area contributed by atoms with E-state index < -0.39 is 11.0 Å². The van der Waals surface area contributed by atoms with E-state index in [4.69, 9.17) is 14.5 Å². The number of benzene rings is 1. The van der Waals surface area contributed by atoms with Crippen LogP contribution in [0.4, 0.5) is 0 Å². The Kier molecular flexibility index (Phi) is 4.54. The zero-order valence-corrected chi connectivity index (χ0v) is 16.6. The Morgan fingerprint density at radius 3 is 2.75 bits per heavy atom. The monoisotopic (exact) mass is 382 g/mol. The first kappa shape index (κ1) is 18.7. The molecule has 6 heteroatoms. The zero-order chi connectivity index (χ0) is 19.9. The van der Waals surface area contributed by atoms with Crippen molar-refractivity contribution >= 4 is 5.78 Å². The minimum atomic E-state index is -0.662. The summed E-state index contributed by atoms with van der Waals surface area (Å²) >= 11 is 0. The molecule has 6 nitrogen and oxygen atoms in total. The number of ether oxygens (including phenoxy) is 2. The van der Waals surface area contributed by atoms with Crippen molar-refractivity contribution in [3.8, 4) is 5.75 Å². The highest BCUT2D eigenvalue weighted by molar-refractivity contribution is 6.00. The lowest BCUT2D eigenvalue weighted by atomic mass is 9.65. The fourth-order valence-corrected chi connectivity index (χ4v) is 4.58. The van der Waals surface area contributed by atoms with Gasteiger partial charge in [-0.2, -0.15) is 0 Å². The molecule has 1 spiro atoms. The van der Waals surface area contributed by atoms with Crippen LogP contribution in [0.25, 0.3) is 0 Å². The van der Waals surface area contributed by atoms with Crippen molar-refractivity contribution in [2.24, 2.45) is 5.41 Å². The van der Waals surface area contributed by atoms with Gasteiger partial charge < -0.3 is 19.1 Å². The second-order valence-electron chi connectivity index (χ2n) is 8.33. The first-order chi connectivity index (χ1) is 13.4. The predicted molar refractivity (Wildman–Crippen MR) is 104 cm³/mol. The molecule has 1 aliphatic carbocycles. The van der Waals surface area contributed by atoms with Crippen molar-refractivity contribution in [3.63, 3.8) is 0 Å². The lowest BCUT2D eigenvalue weighted by Gasteiger charge is -2.45. The predicted octanol–water partition coefficient (Wildman–Crippen LogP) is 3.54. The molecule has 1 aromatic carbocycles. The van der Waals surface area contributed by atoms with Gasteiger partial charge in [-0.05, 0) is 24.1 Å². The molecule has 1 fully saturated rings. The summed E-state index contributed by atoms with van der Waals surface area (Å²) in [5.74, 6) is 0.815. The second-order valence-corrected chi connectivity index (χ2v) is 8.33. The van der Waals surface area contributed by atoms with Crippen molar-refractivity contribution in [1.82, 2.24) is 9.55 Å². The van der Waals surface area contributed by atoms with Crippen LogP contribution in [0, 0.1) is 5.41 Å². The molecule has 0 radical (unpaired) electrons. The molecule has 0 amide bonds. The number of carbonyl (C=O) groups is 1. The molecule has 0 bridgehead atoms. The molecule has 148 valence electrons. The number of carbonyl (C=O) groups excluding carboxylic acids is 1. The van der Waals surface area contributed by atoms with Crippen LogP contribution in [0.5, 0.6) is 5.75 Å². The van der Waals surface area contributed by atoms with E-state index >= 15 is 0 Å². The highest BCUT2D eigenvalue weighted by Crippen LogP contribution is 2.50. The van der Waals surface area contributed by atoms with Gasteiger partial charge in [0.15, 0.2) is 5.78 Å². The lowest BCUT2D eigenvalue weighted by molar-refractivity contribution is -0.142. The summed E-state index contributed by atoms with van der Waals surface area (Å²) in [6.07, 6.45) is 4.49. The van der Waals surface area contributed by atoms with Gasteiger partial charge >= 0.3 is 0 Å². The van der Waals surface area contributed by atoms with Crippen molar-refractivity contribution < 1.29 is 19.4 Å². The van der Waals surface area contributed by atoms with Crippen LogP contribution in [0.3, 0.4) is 0 Å². The number of ketones is 1. The van der Waals surface area contributed by atoms with Crippen LogP contribution >= 0.6 is 0 Å². The summed E-state index contributed by atoms with van der Waals surface area (Å²) in [5.41, 5.74) is 2.34. The minimum Gasteiger partial charge on any atom is -0.515 e. The fourth-order valence-electron chi connectivity index (χ4n) is 4.58. The number of aliphatic hydroxyl groups excluding tert-OH is 1. The lowest BCUT2D eigenvalue weighted by Crippen LogP contribution is -2.48. The first-order valence-corrected chi connectivity index (χ1v) is 9.58. The van der Waals surface area contributed by atoms with E-state index in [2.05, 4.69) is 16.7 Å². The first-order valence-electron chi connectivity index (χ1n) is 9.58. The summed E-state index contributed by atoms with van der Waals surface area (Å²) in [6.45, 7) is 5.11. The maximum absolute atomic E-state index is 12.6. The zero-order valence-electron chi connectivity index (χ0n) is 16.6. The number of fused-ring (bicyclic) bond motifs is 2. The van der Waals surface area contributed by atoms with E-state index in [1.807, 2.05) is 32.3 Å². The third-order valence-electron chi connectivity index (χ3n) is 5.87. The Bertz CT molecular complexity index is 927. The van der Waals surface area contributed by atoms with Crippen molar-refractivity contribution in [2.75, 3.05) is 13.7 Å². The maximum atomic E-state index is 12.6. The molecule has 4 rings (SSSR count). The van der Waals surface area contributed by atoms with Crippen LogP contribution in [0.15, 0.2) is 42.4 Å². The molecule has 2 aromatic rings. The topological polar surface area (TPSA) is 73.6 Å². The standard InChI is InChI=1S/C22H26N2O4/c1-21(2)13-22(10-16(12-25)20(21)26)19-18(8-9-28-22)24(14-23-19)11-15-4-6-17(27-3)7-5-15/h4-7,12,14,25H,8-11,13H2,1-3H3. The molecule has 1 aromatic heterocycles. The van der Waals surface area contributed by atoms with Crippen LogP contribution in [-0.4, -0.2) is 34.2 Å². The number of aromatic nitrogens is 2. The van der Waals surface area contributed by atoms with Crippen molar-refractivity contribution in [1.29, 1.82) is 0 Å². The molecule has 1 saturated carbocycles. The second kappa shape index (κ2) is 6.78. The van der Waals surface area contributed by atoms with Gasteiger partial charge in [0.25, 0.3) is 0 Å². The average Bonchev–Trinajstić information content (AvgIpc) is 3.09. The Morgan fingerprint density at radius 2 is 2.07 bits per heavy atom. The number of rotatable bonds is 3. The number of hydrogen-bond acceptors (Lipinski definition) is 5.